The number of hydrogen-bond donors (Lipinski definition) is 0. The van der Waals surface area contributed by atoms with Gasteiger partial charge in [-0.05, 0) is 39.7 Å². The molecule has 5 nitrogen and oxygen atoms in total. The van der Waals surface area contributed by atoms with Gasteiger partial charge in [0.1, 0.15) is 5.69 Å². The van der Waals surface area contributed by atoms with E-state index in [4.69, 9.17) is 0 Å². The molecule has 2 rings (SSSR count). The zero-order valence-corrected chi connectivity index (χ0v) is 12.0. The lowest BCUT2D eigenvalue weighted by molar-refractivity contribution is 0.0787. The second-order valence-corrected chi connectivity index (χ2v) is 4.87. The van der Waals surface area contributed by atoms with Crippen LogP contribution in [-0.4, -0.2) is 47.0 Å². The van der Waals surface area contributed by atoms with Crippen LogP contribution in [0.5, 0.6) is 0 Å². The quantitative estimate of drug-likeness (QED) is 0.831. The SMILES string of the molecule is CCN(CC)c1nc(C)cc(C(=O)N2CCCC2)n1. The van der Waals surface area contributed by atoms with Gasteiger partial charge in [-0.15, -0.1) is 0 Å². The molecule has 0 aliphatic carbocycles. The lowest BCUT2D eigenvalue weighted by atomic mass is 10.3. The largest absolute Gasteiger partial charge is 0.341 e. The summed E-state index contributed by atoms with van der Waals surface area (Å²) in [4.78, 5) is 25.2. The summed E-state index contributed by atoms with van der Waals surface area (Å²) in [6.07, 6.45) is 2.19. The molecule has 1 aromatic heterocycles. The minimum atomic E-state index is 0.0383. The highest BCUT2D eigenvalue weighted by Crippen LogP contribution is 2.15. The van der Waals surface area contributed by atoms with Crippen molar-refractivity contribution in [3.63, 3.8) is 0 Å². The monoisotopic (exact) mass is 262 g/mol. The standard InChI is InChI=1S/C14H22N4O/c1-4-17(5-2)14-15-11(3)10-12(16-14)13(19)18-8-6-7-9-18/h10H,4-9H2,1-3H3. The van der Waals surface area contributed by atoms with E-state index in [9.17, 15) is 4.79 Å². The van der Waals surface area contributed by atoms with Crippen LogP contribution in [0.3, 0.4) is 0 Å². The number of hydrogen-bond acceptors (Lipinski definition) is 4. The summed E-state index contributed by atoms with van der Waals surface area (Å²) in [5.74, 6) is 0.698. The summed E-state index contributed by atoms with van der Waals surface area (Å²) in [5.41, 5.74) is 1.37. The fourth-order valence-corrected chi connectivity index (χ4v) is 2.39. The second-order valence-electron chi connectivity index (χ2n) is 4.87. The van der Waals surface area contributed by atoms with E-state index in [0.29, 0.717) is 11.6 Å². The number of aryl methyl sites for hydroxylation is 1. The number of likely N-dealkylation sites (tertiary alicyclic amines) is 1. The molecule has 0 bridgehead atoms. The molecular formula is C14H22N4O. The highest BCUT2D eigenvalue weighted by atomic mass is 16.2. The maximum atomic E-state index is 12.4. The normalized spacial score (nSPS) is 14.8. The summed E-state index contributed by atoms with van der Waals surface area (Å²) in [5, 5.41) is 0. The molecule has 0 atom stereocenters. The van der Waals surface area contributed by atoms with E-state index in [1.807, 2.05) is 11.8 Å². The number of carbonyl (C=O) groups excluding carboxylic acids is 1. The maximum absolute atomic E-state index is 12.4. The minimum absolute atomic E-state index is 0.0383. The van der Waals surface area contributed by atoms with Gasteiger partial charge >= 0.3 is 0 Å². The predicted octanol–water partition coefficient (Wildman–Crippen LogP) is 1.87. The Balaban J connectivity index is 2.27. The van der Waals surface area contributed by atoms with Gasteiger partial charge in [-0.25, -0.2) is 9.97 Å². The molecule has 1 fully saturated rings. The summed E-state index contributed by atoms with van der Waals surface area (Å²) in [7, 11) is 0. The molecule has 1 aromatic rings. The Bertz CT molecular complexity index is 451. The molecule has 0 spiro atoms. The Morgan fingerprint density at radius 3 is 2.47 bits per heavy atom. The van der Waals surface area contributed by atoms with Crippen LogP contribution in [0, 0.1) is 6.92 Å². The molecule has 0 N–H and O–H groups in total. The van der Waals surface area contributed by atoms with Gasteiger partial charge in [0.2, 0.25) is 5.95 Å². The van der Waals surface area contributed by atoms with Crippen LogP contribution in [0.15, 0.2) is 6.07 Å². The fraction of sp³-hybridized carbons (Fsp3) is 0.643. The smallest absolute Gasteiger partial charge is 0.272 e. The van der Waals surface area contributed by atoms with Crippen molar-refractivity contribution in [3.05, 3.63) is 17.5 Å². The molecule has 1 aliphatic heterocycles. The van der Waals surface area contributed by atoms with Crippen LogP contribution in [-0.2, 0) is 0 Å². The highest BCUT2D eigenvalue weighted by Gasteiger charge is 2.22. The molecule has 104 valence electrons. The third kappa shape index (κ3) is 3.03. The molecule has 0 radical (unpaired) electrons. The molecule has 19 heavy (non-hydrogen) atoms. The molecule has 1 saturated heterocycles. The van der Waals surface area contributed by atoms with Crippen molar-refractivity contribution in [1.29, 1.82) is 0 Å². The Morgan fingerprint density at radius 2 is 1.89 bits per heavy atom. The van der Waals surface area contributed by atoms with Crippen LogP contribution in [0.1, 0.15) is 42.9 Å². The van der Waals surface area contributed by atoms with Gasteiger partial charge in [0, 0.05) is 31.9 Å². The molecule has 0 saturated carbocycles. The van der Waals surface area contributed by atoms with Gasteiger partial charge in [0.05, 0.1) is 0 Å². The van der Waals surface area contributed by atoms with Gasteiger partial charge in [0.15, 0.2) is 0 Å². The van der Waals surface area contributed by atoms with Crippen molar-refractivity contribution >= 4 is 11.9 Å². The topological polar surface area (TPSA) is 49.3 Å². The summed E-state index contributed by atoms with van der Waals surface area (Å²) < 4.78 is 0. The van der Waals surface area contributed by atoms with Crippen LogP contribution < -0.4 is 4.90 Å². The predicted molar refractivity (Wildman–Crippen MR) is 75.5 cm³/mol. The zero-order valence-electron chi connectivity index (χ0n) is 12.0. The fourth-order valence-electron chi connectivity index (χ4n) is 2.39. The first-order valence-electron chi connectivity index (χ1n) is 7.05. The Kier molecular flexibility index (Phi) is 4.35. The van der Waals surface area contributed by atoms with Gasteiger partial charge in [-0.1, -0.05) is 0 Å². The van der Waals surface area contributed by atoms with E-state index >= 15 is 0 Å². The van der Waals surface area contributed by atoms with Crippen LogP contribution in [0.25, 0.3) is 0 Å². The van der Waals surface area contributed by atoms with E-state index in [1.165, 1.54) is 0 Å². The average molecular weight is 262 g/mol. The lowest BCUT2D eigenvalue weighted by Gasteiger charge is -2.20. The van der Waals surface area contributed by atoms with Crippen molar-refractivity contribution in [3.8, 4) is 0 Å². The van der Waals surface area contributed by atoms with Crippen molar-refractivity contribution in [2.45, 2.75) is 33.6 Å². The molecule has 2 heterocycles. The number of anilines is 1. The molecular weight excluding hydrogens is 240 g/mol. The number of rotatable bonds is 4. The van der Waals surface area contributed by atoms with E-state index < -0.39 is 0 Å². The van der Waals surface area contributed by atoms with Gasteiger partial charge < -0.3 is 9.80 Å². The third-order valence-corrected chi connectivity index (χ3v) is 3.50. The molecule has 1 aliphatic rings. The van der Waals surface area contributed by atoms with E-state index in [1.54, 1.807) is 6.07 Å². The van der Waals surface area contributed by atoms with Gasteiger partial charge in [0.25, 0.3) is 5.91 Å². The average Bonchev–Trinajstić information content (AvgIpc) is 2.92. The first-order valence-corrected chi connectivity index (χ1v) is 7.05. The molecule has 1 amide bonds. The van der Waals surface area contributed by atoms with Crippen LogP contribution in [0.2, 0.25) is 0 Å². The number of amides is 1. The van der Waals surface area contributed by atoms with Crippen molar-refractivity contribution in [2.24, 2.45) is 0 Å². The molecule has 0 unspecified atom stereocenters. The van der Waals surface area contributed by atoms with E-state index in [0.717, 1.165) is 44.7 Å². The lowest BCUT2D eigenvalue weighted by Crippen LogP contribution is -2.30. The first-order chi connectivity index (χ1) is 9.15. The second kappa shape index (κ2) is 5.99. The zero-order chi connectivity index (χ0) is 13.8. The van der Waals surface area contributed by atoms with E-state index in [2.05, 4.69) is 28.7 Å². The number of aromatic nitrogens is 2. The highest BCUT2D eigenvalue weighted by molar-refractivity contribution is 5.92. The maximum Gasteiger partial charge on any atom is 0.272 e. The summed E-state index contributed by atoms with van der Waals surface area (Å²) >= 11 is 0. The summed E-state index contributed by atoms with van der Waals surface area (Å²) in [6.45, 7) is 9.43. The Labute approximate surface area is 114 Å². The van der Waals surface area contributed by atoms with Crippen molar-refractivity contribution in [2.75, 3.05) is 31.1 Å². The third-order valence-electron chi connectivity index (χ3n) is 3.50. The molecule has 0 aromatic carbocycles. The van der Waals surface area contributed by atoms with Gasteiger partial charge in [-0.3, -0.25) is 4.79 Å². The first kappa shape index (κ1) is 13.8. The number of carbonyl (C=O) groups is 1. The Hall–Kier alpha value is -1.65. The Morgan fingerprint density at radius 1 is 1.26 bits per heavy atom. The van der Waals surface area contributed by atoms with Gasteiger partial charge in [-0.2, -0.15) is 0 Å². The molecule has 5 heteroatoms. The van der Waals surface area contributed by atoms with Crippen LogP contribution in [0.4, 0.5) is 5.95 Å². The van der Waals surface area contributed by atoms with Crippen LogP contribution >= 0.6 is 0 Å². The van der Waals surface area contributed by atoms with Crippen molar-refractivity contribution < 1.29 is 4.79 Å². The minimum Gasteiger partial charge on any atom is -0.341 e. The van der Waals surface area contributed by atoms with Crippen molar-refractivity contribution in [1.82, 2.24) is 14.9 Å². The van der Waals surface area contributed by atoms with E-state index in [-0.39, 0.29) is 5.91 Å². The number of nitrogens with zero attached hydrogens (tertiary/aromatic N) is 4. The summed E-state index contributed by atoms with van der Waals surface area (Å²) in [6, 6.07) is 1.79.